The highest BCUT2D eigenvalue weighted by atomic mass is 16.5. The van der Waals surface area contributed by atoms with E-state index in [4.69, 9.17) is 9.72 Å². The Morgan fingerprint density at radius 2 is 2.11 bits per heavy atom. The molecule has 1 aliphatic rings. The van der Waals surface area contributed by atoms with Crippen LogP contribution < -0.4 is 4.90 Å². The van der Waals surface area contributed by atoms with Gasteiger partial charge in [-0.1, -0.05) is 6.92 Å². The van der Waals surface area contributed by atoms with Crippen molar-refractivity contribution in [1.82, 2.24) is 19.7 Å². The van der Waals surface area contributed by atoms with Gasteiger partial charge in [0.25, 0.3) is 0 Å². The summed E-state index contributed by atoms with van der Waals surface area (Å²) in [7, 11) is 0. The molecule has 148 valence electrons. The van der Waals surface area contributed by atoms with E-state index in [0.29, 0.717) is 18.9 Å². The van der Waals surface area contributed by atoms with Gasteiger partial charge in [0, 0.05) is 18.1 Å². The fraction of sp³-hybridized carbons (Fsp3) is 0.476. The minimum Gasteiger partial charge on any atom is -0.386 e. The molecule has 0 radical (unpaired) electrons. The molecule has 1 saturated heterocycles. The van der Waals surface area contributed by atoms with Crippen molar-refractivity contribution in [1.29, 1.82) is 0 Å². The summed E-state index contributed by atoms with van der Waals surface area (Å²) in [5.41, 5.74) is 1.60. The molecule has 0 amide bonds. The van der Waals surface area contributed by atoms with E-state index in [-0.39, 0.29) is 6.04 Å². The van der Waals surface area contributed by atoms with Crippen molar-refractivity contribution in [3.8, 4) is 5.82 Å². The Morgan fingerprint density at radius 3 is 2.82 bits per heavy atom. The third kappa shape index (κ3) is 3.36. The smallest absolute Gasteiger partial charge is 0.167 e. The molecular weight excluding hydrogens is 354 g/mol. The Kier molecular flexibility index (Phi) is 4.81. The van der Waals surface area contributed by atoms with E-state index in [1.165, 1.54) is 0 Å². The van der Waals surface area contributed by atoms with E-state index in [2.05, 4.69) is 21.9 Å². The molecule has 0 bridgehead atoms. The molecule has 1 atom stereocenters. The Labute approximate surface area is 165 Å². The number of nitrogens with zero attached hydrogens (tertiary/aromatic N) is 5. The lowest BCUT2D eigenvalue weighted by Gasteiger charge is -2.36. The molecule has 0 aromatic carbocycles. The van der Waals surface area contributed by atoms with Gasteiger partial charge in [-0.15, -0.1) is 0 Å². The Bertz CT molecular complexity index is 992. The van der Waals surface area contributed by atoms with Gasteiger partial charge in [-0.2, -0.15) is 9.78 Å². The number of aliphatic hydroxyl groups is 1. The topological polar surface area (TPSA) is 76.3 Å². The lowest BCUT2D eigenvalue weighted by atomic mass is 9.96. The number of hydrogen-bond donors (Lipinski definition) is 1. The molecule has 0 saturated carbocycles. The summed E-state index contributed by atoms with van der Waals surface area (Å²) in [4.78, 5) is 11.7. The van der Waals surface area contributed by atoms with E-state index in [9.17, 15) is 5.11 Å². The zero-order valence-corrected chi connectivity index (χ0v) is 16.9. The van der Waals surface area contributed by atoms with Gasteiger partial charge in [-0.3, -0.25) is 0 Å². The van der Waals surface area contributed by atoms with Crippen molar-refractivity contribution in [2.45, 2.75) is 45.8 Å². The monoisotopic (exact) mass is 381 g/mol. The van der Waals surface area contributed by atoms with Crippen molar-refractivity contribution in [3.63, 3.8) is 0 Å². The Hall–Kier alpha value is -2.51. The summed E-state index contributed by atoms with van der Waals surface area (Å²) in [6.07, 6.45) is 4.50. The predicted octanol–water partition coefficient (Wildman–Crippen LogP) is 2.97. The normalized spacial score (nSPS) is 18.0. The molecule has 4 heterocycles. The minimum absolute atomic E-state index is 0.266. The van der Waals surface area contributed by atoms with Gasteiger partial charge in [-0.25, -0.2) is 9.97 Å². The zero-order valence-electron chi connectivity index (χ0n) is 16.9. The maximum atomic E-state index is 10.8. The number of fused-ring (bicyclic) bond motifs is 1. The summed E-state index contributed by atoms with van der Waals surface area (Å²) in [6, 6.07) is 6.19. The van der Waals surface area contributed by atoms with Gasteiger partial charge >= 0.3 is 0 Å². The molecule has 0 unspecified atom stereocenters. The standard InChI is InChI=1S/C21H27N5O2/c1-5-15-13-28-9-8-25(15)19-11-17(21(3,4)27)16-12-23-26(20(16)24-19)18-10-14(2)6-7-22-18/h6-7,10-12,15,27H,5,8-9,13H2,1-4H3/t15-/m1/s1. The summed E-state index contributed by atoms with van der Waals surface area (Å²) in [5.74, 6) is 1.56. The van der Waals surface area contributed by atoms with Crippen LogP contribution >= 0.6 is 0 Å². The van der Waals surface area contributed by atoms with Crippen molar-refractivity contribution in [2.75, 3.05) is 24.7 Å². The molecule has 7 heteroatoms. The van der Waals surface area contributed by atoms with Crippen LogP contribution in [0.5, 0.6) is 0 Å². The van der Waals surface area contributed by atoms with Crippen LogP contribution in [0.25, 0.3) is 16.9 Å². The number of pyridine rings is 2. The van der Waals surface area contributed by atoms with Gasteiger partial charge in [0.2, 0.25) is 0 Å². The first-order valence-electron chi connectivity index (χ1n) is 9.77. The van der Waals surface area contributed by atoms with Crippen LogP contribution in [0.4, 0.5) is 5.82 Å². The minimum atomic E-state index is -1.02. The van der Waals surface area contributed by atoms with Crippen LogP contribution in [-0.4, -0.2) is 50.7 Å². The fourth-order valence-electron chi connectivity index (χ4n) is 3.74. The molecule has 1 N–H and O–H groups in total. The predicted molar refractivity (Wildman–Crippen MR) is 109 cm³/mol. The highest BCUT2D eigenvalue weighted by Gasteiger charge is 2.28. The number of aromatic nitrogens is 4. The van der Waals surface area contributed by atoms with Crippen LogP contribution in [-0.2, 0) is 10.3 Å². The average molecular weight is 381 g/mol. The molecule has 7 nitrogen and oxygen atoms in total. The Morgan fingerprint density at radius 1 is 1.29 bits per heavy atom. The third-order valence-electron chi connectivity index (χ3n) is 5.30. The van der Waals surface area contributed by atoms with Crippen molar-refractivity contribution in [3.05, 3.63) is 41.7 Å². The van der Waals surface area contributed by atoms with Gasteiger partial charge < -0.3 is 14.7 Å². The number of rotatable bonds is 4. The van der Waals surface area contributed by atoms with Crippen LogP contribution in [0.2, 0.25) is 0 Å². The van der Waals surface area contributed by atoms with E-state index in [1.54, 1.807) is 30.9 Å². The van der Waals surface area contributed by atoms with Crippen molar-refractivity contribution < 1.29 is 9.84 Å². The second-order valence-electron chi connectivity index (χ2n) is 7.90. The third-order valence-corrected chi connectivity index (χ3v) is 5.30. The summed E-state index contributed by atoms with van der Waals surface area (Å²) < 4.78 is 7.41. The maximum absolute atomic E-state index is 10.8. The molecule has 1 fully saturated rings. The number of hydrogen-bond acceptors (Lipinski definition) is 6. The average Bonchev–Trinajstić information content (AvgIpc) is 3.10. The van der Waals surface area contributed by atoms with E-state index in [0.717, 1.165) is 41.1 Å². The second-order valence-corrected chi connectivity index (χ2v) is 7.90. The zero-order chi connectivity index (χ0) is 19.9. The fourth-order valence-corrected chi connectivity index (χ4v) is 3.74. The van der Waals surface area contributed by atoms with Gasteiger partial charge in [0.1, 0.15) is 5.82 Å². The van der Waals surface area contributed by atoms with Crippen molar-refractivity contribution >= 4 is 16.9 Å². The first kappa shape index (κ1) is 18.8. The van der Waals surface area contributed by atoms with Gasteiger partial charge in [0.05, 0.1) is 31.1 Å². The lowest BCUT2D eigenvalue weighted by Crippen LogP contribution is -2.45. The van der Waals surface area contributed by atoms with E-state index in [1.807, 2.05) is 25.1 Å². The maximum Gasteiger partial charge on any atom is 0.167 e. The highest BCUT2D eigenvalue weighted by molar-refractivity contribution is 5.83. The molecule has 0 spiro atoms. The molecular formula is C21H27N5O2. The molecule has 28 heavy (non-hydrogen) atoms. The SMILES string of the molecule is CC[C@@H]1COCCN1c1cc(C(C)(C)O)c2cnn(-c3cc(C)ccn3)c2n1. The molecule has 3 aromatic rings. The summed E-state index contributed by atoms with van der Waals surface area (Å²) in [6.45, 7) is 9.91. The van der Waals surface area contributed by atoms with Crippen molar-refractivity contribution in [2.24, 2.45) is 0 Å². The first-order chi connectivity index (χ1) is 13.4. The second kappa shape index (κ2) is 7.14. The van der Waals surface area contributed by atoms with Gasteiger partial charge in [0.15, 0.2) is 11.5 Å². The van der Waals surface area contributed by atoms with E-state index >= 15 is 0 Å². The van der Waals surface area contributed by atoms with Crippen LogP contribution in [0.3, 0.4) is 0 Å². The van der Waals surface area contributed by atoms with Crippen LogP contribution in [0.15, 0.2) is 30.6 Å². The molecule has 0 aliphatic carbocycles. The Balaban J connectivity index is 1.93. The summed E-state index contributed by atoms with van der Waals surface area (Å²) in [5, 5.41) is 16.2. The largest absolute Gasteiger partial charge is 0.386 e. The molecule has 4 rings (SSSR count). The van der Waals surface area contributed by atoms with E-state index < -0.39 is 5.60 Å². The van der Waals surface area contributed by atoms with Crippen LogP contribution in [0, 0.1) is 6.92 Å². The first-order valence-corrected chi connectivity index (χ1v) is 9.77. The molecule has 3 aromatic heterocycles. The highest BCUT2D eigenvalue weighted by Crippen LogP contribution is 2.33. The van der Waals surface area contributed by atoms with Crippen LogP contribution in [0.1, 0.15) is 38.3 Å². The summed E-state index contributed by atoms with van der Waals surface area (Å²) >= 11 is 0. The van der Waals surface area contributed by atoms with Gasteiger partial charge in [-0.05, 0) is 56.5 Å². The molecule has 1 aliphatic heterocycles. The quantitative estimate of drug-likeness (QED) is 0.749. The number of morpholine rings is 1. The number of ether oxygens (including phenoxy) is 1. The number of aryl methyl sites for hydroxylation is 1. The number of anilines is 1. The lowest BCUT2D eigenvalue weighted by molar-refractivity contribution is 0.0798.